The Morgan fingerprint density at radius 1 is 1.08 bits per heavy atom. The van der Waals surface area contributed by atoms with Gasteiger partial charge in [-0.25, -0.2) is 14.4 Å². The first-order valence-electron chi connectivity index (χ1n) is 17.3. The SMILES string of the molecule is CC.Cc1nc(N)cc(-c2nc3c4c(nc(OCC5(CN6CCCC67CCOC7)CC5)nc4c2F)NCCNCCC(C)O3)c1C(F)(F)F. The van der Waals surface area contributed by atoms with Crippen molar-refractivity contribution in [1.29, 1.82) is 0 Å². The van der Waals surface area contributed by atoms with Crippen LogP contribution >= 0.6 is 0 Å². The van der Waals surface area contributed by atoms with Crippen LogP contribution in [0.3, 0.4) is 0 Å². The van der Waals surface area contributed by atoms with Gasteiger partial charge in [0.25, 0.3) is 0 Å². The van der Waals surface area contributed by atoms with Gasteiger partial charge in [-0.1, -0.05) is 13.8 Å². The lowest BCUT2D eigenvalue weighted by Crippen LogP contribution is -2.47. The Kier molecular flexibility index (Phi) is 10.1. The van der Waals surface area contributed by atoms with Crippen molar-refractivity contribution in [3.8, 4) is 23.1 Å². The van der Waals surface area contributed by atoms with Gasteiger partial charge >= 0.3 is 12.2 Å². The molecule has 0 aromatic carbocycles. The molecular formula is C34H46F4N8O3. The van der Waals surface area contributed by atoms with Crippen LogP contribution in [0, 0.1) is 18.2 Å². The molecule has 0 radical (unpaired) electrons. The molecule has 1 saturated carbocycles. The fourth-order valence-corrected chi connectivity index (χ4v) is 7.20. The summed E-state index contributed by atoms with van der Waals surface area (Å²) in [6, 6.07) is 0.902. The van der Waals surface area contributed by atoms with Crippen LogP contribution in [0.15, 0.2) is 6.07 Å². The predicted molar refractivity (Wildman–Crippen MR) is 178 cm³/mol. The molecule has 6 heterocycles. The zero-order chi connectivity index (χ0) is 35.0. The van der Waals surface area contributed by atoms with Gasteiger partial charge in [-0.05, 0) is 71.5 Å². The van der Waals surface area contributed by atoms with Crippen LogP contribution in [-0.2, 0) is 10.9 Å². The van der Waals surface area contributed by atoms with Gasteiger partial charge in [0.05, 0.1) is 30.6 Å². The molecule has 11 nitrogen and oxygen atoms in total. The fraction of sp³-hybridized carbons (Fsp3) is 0.647. The Morgan fingerprint density at radius 2 is 1.88 bits per heavy atom. The second kappa shape index (κ2) is 14.0. The summed E-state index contributed by atoms with van der Waals surface area (Å²) in [7, 11) is 0. The molecule has 3 aromatic heterocycles. The summed E-state index contributed by atoms with van der Waals surface area (Å²) in [6.07, 6.45) is 0.560. The highest BCUT2D eigenvalue weighted by Gasteiger charge is 2.51. The van der Waals surface area contributed by atoms with E-state index in [0.717, 1.165) is 64.5 Å². The first-order chi connectivity index (χ1) is 23.5. The maximum absolute atomic E-state index is 16.7. The average molecular weight is 691 g/mol. The summed E-state index contributed by atoms with van der Waals surface area (Å²) < 4.78 is 77.9. The van der Waals surface area contributed by atoms with Crippen LogP contribution in [0.2, 0.25) is 0 Å². The number of likely N-dealkylation sites (tertiary alicyclic amines) is 1. The van der Waals surface area contributed by atoms with E-state index in [0.29, 0.717) is 32.7 Å². The molecule has 2 unspecified atom stereocenters. The highest BCUT2D eigenvalue weighted by Crippen LogP contribution is 2.50. The predicted octanol–water partition coefficient (Wildman–Crippen LogP) is 5.75. The minimum absolute atomic E-state index is 0.0778. The van der Waals surface area contributed by atoms with Gasteiger partial charge in [0.2, 0.25) is 5.88 Å². The van der Waals surface area contributed by atoms with E-state index in [9.17, 15) is 13.2 Å². The molecular weight excluding hydrogens is 644 g/mol. The molecule has 15 heteroatoms. The van der Waals surface area contributed by atoms with Gasteiger partial charge in [0.15, 0.2) is 5.82 Å². The molecule has 49 heavy (non-hydrogen) atoms. The summed E-state index contributed by atoms with van der Waals surface area (Å²) >= 11 is 0. The van der Waals surface area contributed by atoms with Crippen molar-refractivity contribution < 1.29 is 31.8 Å². The number of halogens is 4. The van der Waals surface area contributed by atoms with E-state index in [1.807, 2.05) is 20.8 Å². The largest absolute Gasteiger partial charge is 0.474 e. The summed E-state index contributed by atoms with van der Waals surface area (Å²) in [5.41, 5.74) is 2.95. The highest BCUT2D eigenvalue weighted by molar-refractivity contribution is 5.96. The number of pyridine rings is 2. The molecule has 0 bridgehead atoms. The third kappa shape index (κ3) is 7.20. The minimum atomic E-state index is -4.86. The molecule has 7 rings (SSSR count). The summed E-state index contributed by atoms with van der Waals surface area (Å²) in [5.74, 6) is -1.13. The summed E-state index contributed by atoms with van der Waals surface area (Å²) in [4.78, 5) is 19.8. The number of nitrogen functional groups attached to an aromatic ring is 1. The summed E-state index contributed by atoms with van der Waals surface area (Å²) in [6.45, 7) is 12.4. The number of nitrogens with two attached hydrogens (primary N) is 1. The smallest absolute Gasteiger partial charge is 0.418 e. The number of nitrogens with one attached hydrogen (secondary N) is 2. The number of rotatable bonds is 6. The van der Waals surface area contributed by atoms with Gasteiger partial charge in [-0.15, -0.1) is 0 Å². The van der Waals surface area contributed by atoms with Crippen LogP contribution in [0.1, 0.15) is 70.6 Å². The minimum Gasteiger partial charge on any atom is -0.474 e. The zero-order valence-electron chi connectivity index (χ0n) is 28.6. The highest BCUT2D eigenvalue weighted by atomic mass is 19.4. The third-order valence-corrected chi connectivity index (χ3v) is 9.94. The van der Waals surface area contributed by atoms with Crippen LogP contribution < -0.4 is 25.8 Å². The van der Waals surface area contributed by atoms with Crippen molar-refractivity contribution in [3.05, 3.63) is 23.1 Å². The molecule has 268 valence electrons. The van der Waals surface area contributed by atoms with Crippen molar-refractivity contribution in [2.45, 2.75) is 84.0 Å². The number of hydrogen-bond acceptors (Lipinski definition) is 11. The van der Waals surface area contributed by atoms with Crippen LogP contribution in [-0.4, -0.2) is 89.0 Å². The molecule has 3 fully saturated rings. The second-order valence-electron chi connectivity index (χ2n) is 13.4. The molecule has 1 aliphatic carbocycles. The van der Waals surface area contributed by atoms with Crippen molar-refractivity contribution in [2.24, 2.45) is 5.41 Å². The molecule has 0 amide bonds. The van der Waals surface area contributed by atoms with Crippen LogP contribution in [0.5, 0.6) is 11.9 Å². The Morgan fingerprint density at radius 3 is 2.59 bits per heavy atom. The number of hydrogen-bond donors (Lipinski definition) is 3. The first kappa shape index (κ1) is 35.3. The lowest BCUT2D eigenvalue weighted by atomic mass is 9.94. The Balaban J connectivity index is 0.00000205. The molecule has 3 aromatic rings. The van der Waals surface area contributed by atoms with E-state index < -0.39 is 40.6 Å². The Labute approximate surface area is 283 Å². The molecule has 2 saturated heterocycles. The fourth-order valence-electron chi connectivity index (χ4n) is 7.20. The molecule has 4 N–H and O–H groups in total. The maximum atomic E-state index is 16.7. The van der Waals surface area contributed by atoms with Gasteiger partial charge in [-0.3, -0.25) is 4.90 Å². The number of aryl methyl sites for hydroxylation is 1. The third-order valence-electron chi connectivity index (χ3n) is 9.94. The van der Waals surface area contributed by atoms with Crippen LogP contribution in [0.25, 0.3) is 22.2 Å². The van der Waals surface area contributed by atoms with E-state index >= 15 is 4.39 Å². The van der Waals surface area contributed by atoms with Crippen molar-refractivity contribution in [3.63, 3.8) is 0 Å². The first-order valence-corrected chi connectivity index (χ1v) is 17.3. The van der Waals surface area contributed by atoms with E-state index in [1.165, 1.54) is 6.92 Å². The van der Waals surface area contributed by atoms with Gasteiger partial charge < -0.3 is 30.6 Å². The topological polar surface area (TPSA) is 133 Å². The van der Waals surface area contributed by atoms with E-state index in [1.54, 1.807) is 0 Å². The van der Waals surface area contributed by atoms with Crippen molar-refractivity contribution in [2.75, 3.05) is 63.6 Å². The van der Waals surface area contributed by atoms with E-state index in [2.05, 4.69) is 35.5 Å². The monoisotopic (exact) mass is 690 g/mol. The molecule has 4 aliphatic rings. The number of anilines is 2. The quantitative estimate of drug-likeness (QED) is 0.273. The Hall–Kier alpha value is -3.56. The zero-order valence-corrected chi connectivity index (χ0v) is 28.6. The van der Waals surface area contributed by atoms with Gasteiger partial charge in [0, 0.05) is 42.8 Å². The lowest BCUT2D eigenvalue weighted by molar-refractivity contribution is -0.137. The summed E-state index contributed by atoms with van der Waals surface area (Å²) in [5, 5.41) is 6.65. The second-order valence-corrected chi connectivity index (χ2v) is 13.4. The standard InChI is InChI=1S/C32H40F4N8O3.C2H6/c1-18-4-9-38-10-11-39-27-22-26(24(33)25(41-28(22)47-18)20-14-21(37)40-19(2)23(20)32(34,35)36)42-29(43-27)46-16-30(6-7-30)15-44-12-3-5-31(44)8-13-45-17-31;1-2/h14,18,38H,3-13,15-17H2,1-2H3,(H2,37,40)(H,39,42,43);1-2H3. The molecule has 1 spiro atoms. The normalized spacial score (nSPS) is 23.7. The van der Waals surface area contributed by atoms with Crippen LogP contribution in [0.4, 0.5) is 29.2 Å². The number of alkyl halides is 3. The maximum Gasteiger partial charge on any atom is 0.418 e. The van der Waals surface area contributed by atoms with Gasteiger partial charge in [-0.2, -0.15) is 23.1 Å². The average Bonchev–Trinajstić information content (AvgIpc) is 3.47. The number of aromatic nitrogens is 4. The van der Waals surface area contributed by atoms with Crippen molar-refractivity contribution in [1.82, 2.24) is 30.2 Å². The van der Waals surface area contributed by atoms with Crippen molar-refractivity contribution >= 4 is 22.5 Å². The lowest BCUT2D eigenvalue weighted by Gasteiger charge is -2.36. The number of ether oxygens (including phenoxy) is 3. The van der Waals surface area contributed by atoms with E-state index in [4.69, 9.17) is 19.9 Å². The molecule has 3 aliphatic heterocycles. The van der Waals surface area contributed by atoms with E-state index in [-0.39, 0.29) is 45.4 Å². The number of nitrogens with zero attached hydrogens (tertiary/aromatic N) is 5. The molecule has 2 atom stereocenters. The van der Waals surface area contributed by atoms with Gasteiger partial charge in [0.1, 0.15) is 28.2 Å². The Bertz CT molecular complexity index is 1660.